The topological polar surface area (TPSA) is 17.1 Å². The Labute approximate surface area is 58.6 Å². The van der Waals surface area contributed by atoms with Gasteiger partial charge in [0.15, 0.2) is 0 Å². The molecule has 0 aliphatic heterocycles. The number of carbonyl (C=O) groups is 1. The van der Waals surface area contributed by atoms with E-state index in [1.807, 2.05) is 0 Å². The largest absolute Gasteiger partial charge is 0.303 e. The molecule has 0 bridgehead atoms. The predicted octanol–water partition coefficient (Wildman–Crippen LogP) is 2.00. The Morgan fingerprint density at radius 2 is 2.12 bits per heavy atom. The Hall–Kier alpha value is 0.150. The average molecular weight is 179 g/mol. The van der Waals surface area contributed by atoms with Gasteiger partial charge >= 0.3 is 0 Å². The first-order chi connectivity index (χ1) is 3.62. The standard InChI is InChI=1S/C6H11BrO/c1-6(2,5-7)3-4-8/h4H,3,5H2,1-2H3. The molecule has 1 nitrogen and oxygen atoms in total. The third kappa shape index (κ3) is 3.19. The Bertz CT molecular complexity index is 78.6. The van der Waals surface area contributed by atoms with Gasteiger partial charge in [0.2, 0.25) is 0 Å². The van der Waals surface area contributed by atoms with E-state index in [0.29, 0.717) is 6.42 Å². The summed E-state index contributed by atoms with van der Waals surface area (Å²) in [5.41, 5.74) is 0.141. The van der Waals surface area contributed by atoms with Crippen molar-refractivity contribution in [3.63, 3.8) is 0 Å². The number of rotatable bonds is 3. The molecule has 48 valence electrons. The summed E-state index contributed by atoms with van der Waals surface area (Å²) in [7, 11) is 0. The van der Waals surface area contributed by atoms with Crippen molar-refractivity contribution >= 4 is 22.2 Å². The fourth-order valence-electron chi connectivity index (χ4n) is 0.280. The van der Waals surface area contributed by atoms with Crippen molar-refractivity contribution in [1.82, 2.24) is 0 Å². The smallest absolute Gasteiger partial charge is 0.120 e. The van der Waals surface area contributed by atoms with Crippen molar-refractivity contribution in [2.45, 2.75) is 20.3 Å². The summed E-state index contributed by atoms with van der Waals surface area (Å²) < 4.78 is 0. The molecule has 0 N–H and O–H groups in total. The van der Waals surface area contributed by atoms with Crippen molar-refractivity contribution in [3.05, 3.63) is 0 Å². The minimum atomic E-state index is 0.141. The van der Waals surface area contributed by atoms with Gasteiger partial charge in [-0.05, 0) is 5.41 Å². The van der Waals surface area contributed by atoms with Gasteiger partial charge in [-0.2, -0.15) is 0 Å². The molecule has 0 aromatic heterocycles. The van der Waals surface area contributed by atoms with Gasteiger partial charge in [-0.25, -0.2) is 0 Å². The highest BCUT2D eigenvalue weighted by molar-refractivity contribution is 9.09. The normalized spacial score (nSPS) is 11.4. The molecule has 0 rings (SSSR count). The average Bonchev–Trinajstić information content (AvgIpc) is 1.67. The summed E-state index contributed by atoms with van der Waals surface area (Å²) >= 11 is 3.31. The van der Waals surface area contributed by atoms with E-state index < -0.39 is 0 Å². The lowest BCUT2D eigenvalue weighted by molar-refractivity contribution is -0.109. The lowest BCUT2D eigenvalue weighted by atomic mass is 9.93. The Morgan fingerprint density at radius 1 is 1.62 bits per heavy atom. The van der Waals surface area contributed by atoms with Crippen LogP contribution in [0.3, 0.4) is 0 Å². The number of alkyl halides is 1. The maximum Gasteiger partial charge on any atom is 0.120 e. The third-order valence-corrected chi connectivity index (χ3v) is 2.52. The van der Waals surface area contributed by atoms with Crippen molar-refractivity contribution in [2.24, 2.45) is 5.41 Å². The van der Waals surface area contributed by atoms with Crippen LogP contribution in [0.1, 0.15) is 20.3 Å². The number of halogens is 1. The Morgan fingerprint density at radius 3 is 2.25 bits per heavy atom. The summed E-state index contributed by atoms with van der Waals surface area (Å²) in [5.74, 6) is 0. The van der Waals surface area contributed by atoms with Crippen molar-refractivity contribution in [3.8, 4) is 0 Å². The van der Waals surface area contributed by atoms with Gasteiger partial charge in [0.05, 0.1) is 0 Å². The zero-order valence-corrected chi connectivity index (χ0v) is 6.86. The van der Waals surface area contributed by atoms with Gasteiger partial charge in [0, 0.05) is 11.8 Å². The predicted molar refractivity (Wildman–Crippen MR) is 38.3 cm³/mol. The molecule has 0 aliphatic carbocycles. The van der Waals surface area contributed by atoms with Gasteiger partial charge in [-0.1, -0.05) is 29.8 Å². The number of aldehydes is 1. The minimum Gasteiger partial charge on any atom is -0.303 e. The quantitative estimate of drug-likeness (QED) is 0.478. The first-order valence-corrected chi connectivity index (χ1v) is 3.74. The lowest BCUT2D eigenvalue weighted by Gasteiger charge is -2.16. The second-order valence-electron chi connectivity index (χ2n) is 2.67. The van der Waals surface area contributed by atoms with Crippen LogP contribution in [-0.4, -0.2) is 11.6 Å². The number of hydrogen-bond donors (Lipinski definition) is 0. The molecular weight excluding hydrogens is 168 g/mol. The van der Waals surface area contributed by atoms with Crippen molar-refractivity contribution < 1.29 is 4.79 Å². The summed E-state index contributed by atoms with van der Waals surface area (Å²) in [6.07, 6.45) is 1.60. The van der Waals surface area contributed by atoms with Crippen LogP contribution in [0.5, 0.6) is 0 Å². The molecule has 0 saturated heterocycles. The van der Waals surface area contributed by atoms with Gasteiger partial charge < -0.3 is 4.79 Å². The van der Waals surface area contributed by atoms with Crippen LogP contribution in [0.25, 0.3) is 0 Å². The molecule has 2 heteroatoms. The lowest BCUT2D eigenvalue weighted by Crippen LogP contribution is -2.12. The molecule has 0 unspecified atom stereocenters. The molecule has 0 saturated carbocycles. The molecule has 8 heavy (non-hydrogen) atoms. The monoisotopic (exact) mass is 178 g/mol. The maximum atomic E-state index is 9.96. The zero-order chi connectivity index (χ0) is 6.62. The van der Waals surface area contributed by atoms with Crippen LogP contribution in [0.15, 0.2) is 0 Å². The molecular formula is C6H11BrO. The minimum absolute atomic E-state index is 0.141. The summed E-state index contributed by atoms with van der Waals surface area (Å²) in [4.78, 5) is 9.96. The first kappa shape index (κ1) is 8.15. The fraction of sp³-hybridized carbons (Fsp3) is 0.833. The zero-order valence-electron chi connectivity index (χ0n) is 5.28. The van der Waals surface area contributed by atoms with E-state index in [9.17, 15) is 4.79 Å². The molecule has 0 amide bonds. The van der Waals surface area contributed by atoms with Crippen LogP contribution in [0, 0.1) is 5.41 Å². The Balaban J connectivity index is 3.53. The highest BCUT2D eigenvalue weighted by atomic mass is 79.9. The van der Waals surface area contributed by atoms with Crippen LogP contribution >= 0.6 is 15.9 Å². The van der Waals surface area contributed by atoms with E-state index in [0.717, 1.165) is 11.6 Å². The van der Waals surface area contributed by atoms with E-state index in [1.165, 1.54) is 0 Å². The number of hydrogen-bond acceptors (Lipinski definition) is 1. The SMILES string of the molecule is CC(C)(CBr)CC=O. The van der Waals surface area contributed by atoms with Gasteiger partial charge in [0.1, 0.15) is 6.29 Å². The Kier molecular flexibility index (Phi) is 3.29. The first-order valence-electron chi connectivity index (χ1n) is 2.62. The van der Waals surface area contributed by atoms with Crippen LogP contribution in [-0.2, 0) is 4.79 Å². The molecule has 0 aromatic rings. The highest BCUT2D eigenvalue weighted by Gasteiger charge is 2.13. The van der Waals surface area contributed by atoms with Gasteiger partial charge in [0.25, 0.3) is 0 Å². The van der Waals surface area contributed by atoms with Crippen LogP contribution in [0.4, 0.5) is 0 Å². The molecule has 0 atom stereocenters. The van der Waals surface area contributed by atoms with E-state index >= 15 is 0 Å². The molecule has 0 radical (unpaired) electrons. The van der Waals surface area contributed by atoms with E-state index in [-0.39, 0.29) is 5.41 Å². The number of carbonyl (C=O) groups excluding carboxylic acids is 1. The second-order valence-corrected chi connectivity index (χ2v) is 3.23. The molecule has 0 fully saturated rings. The van der Waals surface area contributed by atoms with Crippen LogP contribution in [0.2, 0.25) is 0 Å². The fourth-order valence-corrected chi connectivity index (χ4v) is 0.509. The van der Waals surface area contributed by atoms with Gasteiger partial charge in [-0.3, -0.25) is 0 Å². The second kappa shape index (κ2) is 3.23. The molecule has 0 heterocycles. The summed E-state index contributed by atoms with van der Waals surface area (Å²) in [6, 6.07) is 0. The van der Waals surface area contributed by atoms with E-state index in [4.69, 9.17) is 0 Å². The maximum absolute atomic E-state index is 9.96. The van der Waals surface area contributed by atoms with Crippen molar-refractivity contribution in [2.75, 3.05) is 5.33 Å². The molecule has 0 spiro atoms. The van der Waals surface area contributed by atoms with Crippen LogP contribution < -0.4 is 0 Å². The van der Waals surface area contributed by atoms with Gasteiger partial charge in [-0.15, -0.1) is 0 Å². The molecule has 0 aromatic carbocycles. The van der Waals surface area contributed by atoms with E-state index in [1.54, 1.807) is 0 Å². The summed E-state index contributed by atoms with van der Waals surface area (Å²) in [6.45, 7) is 4.10. The van der Waals surface area contributed by atoms with E-state index in [2.05, 4.69) is 29.8 Å². The third-order valence-electron chi connectivity index (χ3n) is 0.998. The summed E-state index contributed by atoms with van der Waals surface area (Å²) in [5, 5.41) is 0.888. The molecule has 0 aliphatic rings. The van der Waals surface area contributed by atoms with Crippen molar-refractivity contribution in [1.29, 1.82) is 0 Å². The highest BCUT2D eigenvalue weighted by Crippen LogP contribution is 2.20.